The smallest absolute Gasteiger partial charge is 0.229 e. The molecule has 0 saturated carbocycles. The normalized spacial score (nSPS) is 27.4. The lowest BCUT2D eigenvalue weighted by molar-refractivity contribution is -0.277. The minimum Gasteiger partial charge on any atom is -0.461 e. The minimum absolute atomic E-state index is 0.299. The molecule has 0 radical (unpaired) electrons. The molecule has 0 spiro atoms. The molecule has 2 unspecified atom stereocenters. The third kappa shape index (κ3) is 5.04. The summed E-state index contributed by atoms with van der Waals surface area (Å²) in [7, 11) is -3.45. The lowest BCUT2D eigenvalue weighted by Crippen LogP contribution is -2.60. The number of ether oxygens (including phenoxy) is 2. The van der Waals surface area contributed by atoms with E-state index in [1.165, 1.54) is 0 Å². The van der Waals surface area contributed by atoms with Gasteiger partial charge in [-0.2, -0.15) is 0 Å². The van der Waals surface area contributed by atoms with Gasteiger partial charge in [0.05, 0.1) is 12.9 Å². The fourth-order valence-electron chi connectivity index (χ4n) is 3.06. The summed E-state index contributed by atoms with van der Waals surface area (Å²) in [5.74, 6) is 0.299. The van der Waals surface area contributed by atoms with Crippen molar-refractivity contribution < 1.29 is 38.3 Å². The maximum Gasteiger partial charge on any atom is 0.229 e. The fourth-order valence-corrected chi connectivity index (χ4v) is 3.62. The van der Waals surface area contributed by atoms with E-state index >= 15 is 0 Å². The third-order valence-corrected chi connectivity index (χ3v) is 5.06. The summed E-state index contributed by atoms with van der Waals surface area (Å²) in [6.07, 6.45) is -5.95. The van der Waals surface area contributed by atoms with Crippen LogP contribution >= 0.6 is 0 Å². The number of benzene rings is 2. The van der Waals surface area contributed by atoms with Crippen LogP contribution in [0.5, 0.6) is 5.75 Å². The van der Waals surface area contributed by atoms with Crippen LogP contribution in [0.1, 0.15) is 0 Å². The van der Waals surface area contributed by atoms with Gasteiger partial charge in [-0.1, -0.05) is 30.3 Å². The Hall–Kier alpha value is -2.21. The first-order valence-electron chi connectivity index (χ1n) is 8.84. The zero-order chi connectivity index (χ0) is 21.2. The highest BCUT2D eigenvalue weighted by Gasteiger charge is 2.44. The zero-order valence-corrected chi connectivity index (χ0v) is 16.4. The molecule has 5 N–H and O–H groups in total. The minimum atomic E-state index is -3.45. The molecular weight excluding hydrogens is 402 g/mol. The highest BCUT2D eigenvalue weighted by Crippen LogP contribution is 2.34. The topological polar surface area (TPSA) is 146 Å². The number of aliphatic hydroxyl groups excluding tert-OH is 4. The molecule has 1 aliphatic rings. The summed E-state index contributed by atoms with van der Waals surface area (Å²) in [6.45, 7) is -0.564. The molecule has 1 heterocycles. The van der Waals surface area contributed by atoms with Crippen molar-refractivity contribution >= 4 is 15.7 Å². The third-order valence-electron chi connectivity index (χ3n) is 4.46. The number of hydrogen-bond donors (Lipinski definition) is 5. The Balaban J connectivity index is 1.89. The SMILES string of the molecule is CS(=O)(=O)Nc1cccc(-c2ccccc2O[C@@H]2OC(CO)[C@H](O)[C@H](O)C2O)c1. The Kier molecular flexibility index (Phi) is 6.42. The summed E-state index contributed by atoms with van der Waals surface area (Å²) in [6, 6.07) is 13.5. The molecule has 1 aliphatic heterocycles. The molecule has 2 aromatic carbocycles. The molecule has 1 fully saturated rings. The molecule has 0 aromatic heterocycles. The van der Waals surface area contributed by atoms with Gasteiger partial charge in [-0.25, -0.2) is 8.42 Å². The average Bonchev–Trinajstić information content (AvgIpc) is 2.67. The van der Waals surface area contributed by atoms with Gasteiger partial charge in [0.15, 0.2) is 0 Å². The zero-order valence-electron chi connectivity index (χ0n) is 15.5. The summed E-state index contributed by atoms with van der Waals surface area (Å²) in [4.78, 5) is 0. The number of sulfonamides is 1. The van der Waals surface area contributed by atoms with Gasteiger partial charge in [0.2, 0.25) is 16.3 Å². The predicted molar refractivity (Wildman–Crippen MR) is 105 cm³/mol. The van der Waals surface area contributed by atoms with E-state index in [1.54, 1.807) is 48.5 Å². The molecule has 1 saturated heterocycles. The van der Waals surface area contributed by atoms with Gasteiger partial charge >= 0.3 is 0 Å². The summed E-state index contributed by atoms with van der Waals surface area (Å²) in [5, 5.41) is 39.3. The van der Waals surface area contributed by atoms with E-state index in [0.717, 1.165) is 6.26 Å². The van der Waals surface area contributed by atoms with Gasteiger partial charge in [0.25, 0.3) is 0 Å². The average molecular weight is 425 g/mol. The molecule has 9 nitrogen and oxygen atoms in total. The Labute approximate surface area is 168 Å². The number of para-hydroxylation sites is 1. The molecular formula is C19H23NO8S. The number of rotatable bonds is 6. The first-order chi connectivity index (χ1) is 13.7. The Morgan fingerprint density at radius 2 is 1.76 bits per heavy atom. The van der Waals surface area contributed by atoms with E-state index < -0.39 is 47.3 Å². The maximum atomic E-state index is 11.5. The van der Waals surface area contributed by atoms with Crippen LogP contribution in [0.15, 0.2) is 48.5 Å². The number of anilines is 1. The number of aliphatic hydroxyl groups is 4. The first-order valence-corrected chi connectivity index (χ1v) is 10.7. The number of nitrogens with one attached hydrogen (secondary N) is 1. The van der Waals surface area contributed by atoms with Gasteiger partial charge in [0, 0.05) is 11.3 Å². The lowest BCUT2D eigenvalue weighted by atomic mass is 9.99. The molecule has 5 atom stereocenters. The van der Waals surface area contributed by atoms with Crippen molar-refractivity contribution in [2.45, 2.75) is 30.7 Å². The van der Waals surface area contributed by atoms with E-state index in [0.29, 0.717) is 22.6 Å². The van der Waals surface area contributed by atoms with Crippen molar-refractivity contribution in [3.8, 4) is 16.9 Å². The summed E-state index contributed by atoms with van der Waals surface area (Å²) < 4.78 is 36.5. The van der Waals surface area contributed by atoms with Gasteiger partial charge in [0.1, 0.15) is 30.2 Å². The quantitative estimate of drug-likeness (QED) is 0.432. The van der Waals surface area contributed by atoms with E-state index in [4.69, 9.17) is 9.47 Å². The van der Waals surface area contributed by atoms with Crippen molar-refractivity contribution in [2.75, 3.05) is 17.6 Å². The molecule has 0 amide bonds. The second-order valence-corrected chi connectivity index (χ2v) is 8.51. The Morgan fingerprint density at radius 1 is 1.03 bits per heavy atom. The van der Waals surface area contributed by atoms with Crippen LogP contribution in [0.3, 0.4) is 0 Å². The molecule has 158 valence electrons. The Morgan fingerprint density at radius 3 is 2.45 bits per heavy atom. The van der Waals surface area contributed by atoms with Crippen molar-refractivity contribution in [1.29, 1.82) is 0 Å². The molecule has 29 heavy (non-hydrogen) atoms. The van der Waals surface area contributed by atoms with Crippen LogP contribution in [0.25, 0.3) is 11.1 Å². The largest absolute Gasteiger partial charge is 0.461 e. The van der Waals surface area contributed by atoms with E-state index in [-0.39, 0.29) is 0 Å². The van der Waals surface area contributed by atoms with Crippen molar-refractivity contribution in [3.63, 3.8) is 0 Å². The van der Waals surface area contributed by atoms with Gasteiger partial charge in [-0.3, -0.25) is 4.72 Å². The van der Waals surface area contributed by atoms with Crippen LogP contribution in [0.2, 0.25) is 0 Å². The second kappa shape index (κ2) is 8.66. The maximum absolute atomic E-state index is 11.5. The van der Waals surface area contributed by atoms with E-state index in [2.05, 4.69) is 4.72 Å². The van der Waals surface area contributed by atoms with E-state index in [1.807, 2.05) is 0 Å². The van der Waals surface area contributed by atoms with Crippen LogP contribution < -0.4 is 9.46 Å². The second-order valence-electron chi connectivity index (χ2n) is 6.77. The van der Waals surface area contributed by atoms with Crippen LogP contribution in [-0.2, 0) is 14.8 Å². The number of hydrogen-bond acceptors (Lipinski definition) is 8. The van der Waals surface area contributed by atoms with E-state index in [9.17, 15) is 28.8 Å². The van der Waals surface area contributed by atoms with Gasteiger partial charge in [-0.15, -0.1) is 0 Å². The van der Waals surface area contributed by atoms with Crippen LogP contribution in [0, 0.1) is 0 Å². The summed E-state index contributed by atoms with van der Waals surface area (Å²) in [5.41, 5.74) is 1.59. The highest BCUT2D eigenvalue weighted by molar-refractivity contribution is 7.92. The van der Waals surface area contributed by atoms with Crippen molar-refractivity contribution in [3.05, 3.63) is 48.5 Å². The van der Waals surface area contributed by atoms with Crippen molar-refractivity contribution in [1.82, 2.24) is 0 Å². The molecule has 10 heteroatoms. The first kappa shape index (κ1) is 21.5. The highest BCUT2D eigenvalue weighted by atomic mass is 32.2. The standard InChI is InChI=1S/C19H23NO8S/c1-29(25,26)20-12-6-4-5-11(9-12)13-7-2-3-8-14(13)27-19-18(24)17(23)16(22)15(10-21)28-19/h2-9,15-24H,10H2,1H3/t15?,16-,17-,18?,19+/m0/s1. The molecule has 2 aromatic rings. The predicted octanol–water partition coefficient (Wildman–Crippen LogP) is -0.0962. The molecule has 0 aliphatic carbocycles. The molecule has 3 rings (SSSR count). The lowest BCUT2D eigenvalue weighted by Gasteiger charge is -2.39. The molecule has 0 bridgehead atoms. The van der Waals surface area contributed by atoms with Crippen LogP contribution in [-0.4, -0.2) is 72.4 Å². The monoisotopic (exact) mass is 425 g/mol. The van der Waals surface area contributed by atoms with Gasteiger partial charge in [-0.05, 0) is 23.8 Å². The Bertz CT molecular complexity index is 949. The van der Waals surface area contributed by atoms with Gasteiger partial charge < -0.3 is 29.9 Å². The summed E-state index contributed by atoms with van der Waals surface area (Å²) >= 11 is 0. The van der Waals surface area contributed by atoms with Crippen LogP contribution in [0.4, 0.5) is 5.69 Å². The van der Waals surface area contributed by atoms with Crippen molar-refractivity contribution in [2.24, 2.45) is 0 Å². The fraction of sp³-hybridized carbons (Fsp3) is 0.368.